The fourth-order valence-corrected chi connectivity index (χ4v) is 1.96. The van der Waals surface area contributed by atoms with Crippen molar-refractivity contribution in [2.45, 2.75) is 6.92 Å². The maximum absolute atomic E-state index is 13.4. The lowest BCUT2D eigenvalue weighted by molar-refractivity contribution is 0.318. The summed E-state index contributed by atoms with van der Waals surface area (Å²) in [5.41, 5.74) is 6.94. The van der Waals surface area contributed by atoms with Crippen LogP contribution in [0.5, 0.6) is 11.5 Å². The number of aryl methyl sites for hydroxylation is 1. The summed E-state index contributed by atoms with van der Waals surface area (Å²) in [6, 6.07) is 9.59. The molecule has 104 valence electrons. The Hall–Kier alpha value is -2.08. The van der Waals surface area contributed by atoms with E-state index in [1.54, 1.807) is 30.3 Å². The highest BCUT2D eigenvalue weighted by Crippen LogP contribution is 2.27. The Morgan fingerprint density at radius 3 is 2.50 bits per heavy atom. The van der Waals surface area contributed by atoms with Gasteiger partial charge in [0.2, 0.25) is 0 Å². The second kappa shape index (κ2) is 5.92. The third-order valence-corrected chi connectivity index (χ3v) is 3.35. The van der Waals surface area contributed by atoms with E-state index in [0.29, 0.717) is 21.5 Å². The van der Waals surface area contributed by atoms with Gasteiger partial charge in [-0.15, -0.1) is 0 Å². The summed E-state index contributed by atoms with van der Waals surface area (Å²) < 4.78 is 19.3. The zero-order valence-electron chi connectivity index (χ0n) is 10.6. The van der Waals surface area contributed by atoms with Gasteiger partial charge in [0.1, 0.15) is 17.3 Å². The monoisotopic (exact) mass is 338 g/mol. The maximum Gasteiger partial charge on any atom is 0.170 e. The van der Waals surface area contributed by atoms with E-state index >= 15 is 0 Å². The van der Waals surface area contributed by atoms with E-state index in [2.05, 4.69) is 21.1 Å². The summed E-state index contributed by atoms with van der Waals surface area (Å²) in [4.78, 5) is 0. The second-order valence-corrected chi connectivity index (χ2v) is 4.99. The Morgan fingerprint density at radius 2 is 1.90 bits per heavy atom. The fourth-order valence-electron chi connectivity index (χ4n) is 1.72. The molecular formula is C14H12BrFN2O2. The van der Waals surface area contributed by atoms with E-state index in [9.17, 15) is 4.39 Å². The normalized spacial score (nSPS) is 11.4. The predicted octanol–water partition coefficient (Wildman–Crippen LogP) is 3.78. The molecule has 0 fully saturated rings. The van der Waals surface area contributed by atoms with Crippen LogP contribution < -0.4 is 10.5 Å². The fraction of sp³-hybridized carbons (Fsp3) is 0.0714. The molecule has 0 amide bonds. The summed E-state index contributed by atoms with van der Waals surface area (Å²) in [6.45, 7) is 1.81. The van der Waals surface area contributed by atoms with Crippen LogP contribution in [0.25, 0.3) is 0 Å². The van der Waals surface area contributed by atoms with E-state index in [0.717, 1.165) is 5.56 Å². The maximum atomic E-state index is 13.4. The molecule has 2 aromatic carbocycles. The molecule has 0 aliphatic carbocycles. The van der Waals surface area contributed by atoms with Crippen molar-refractivity contribution in [3.05, 3.63) is 57.8 Å². The predicted molar refractivity (Wildman–Crippen MR) is 77.9 cm³/mol. The van der Waals surface area contributed by atoms with Crippen molar-refractivity contribution in [2.24, 2.45) is 10.9 Å². The van der Waals surface area contributed by atoms with Gasteiger partial charge in [0.15, 0.2) is 5.84 Å². The van der Waals surface area contributed by atoms with Crippen LogP contribution in [0.1, 0.15) is 11.1 Å². The number of nitrogens with two attached hydrogens (primary N) is 1. The SMILES string of the molecule is Cc1cc(Oc2ccc(Br)c(F)c2)ccc1/C(N)=N/O. The highest BCUT2D eigenvalue weighted by atomic mass is 79.9. The lowest BCUT2D eigenvalue weighted by Gasteiger charge is -2.09. The molecule has 0 saturated heterocycles. The van der Waals surface area contributed by atoms with Gasteiger partial charge in [0.25, 0.3) is 0 Å². The minimum absolute atomic E-state index is 0.0312. The van der Waals surface area contributed by atoms with E-state index in [-0.39, 0.29) is 5.84 Å². The van der Waals surface area contributed by atoms with Crippen LogP contribution >= 0.6 is 15.9 Å². The van der Waals surface area contributed by atoms with Crippen molar-refractivity contribution in [3.63, 3.8) is 0 Å². The number of hydrogen-bond acceptors (Lipinski definition) is 3. The molecule has 0 heterocycles. The van der Waals surface area contributed by atoms with Crippen molar-refractivity contribution in [1.29, 1.82) is 0 Å². The molecule has 20 heavy (non-hydrogen) atoms. The standard InChI is InChI=1S/C14H12BrFN2O2/c1-8-6-9(2-4-11(8)14(17)18-19)20-10-3-5-12(15)13(16)7-10/h2-7,19H,1H3,(H2,17,18). The van der Waals surface area contributed by atoms with E-state index in [1.165, 1.54) is 6.07 Å². The van der Waals surface area contributed by atoms with Crippen LogP contribution in [0.4, 0.5) is 4.39 Å². The second-order valence-electron chi connectivity index (χ2n) is 4.14. The Bertz CT molecular complexity index is 674. The van der Waals surface area contributed by atoms with Crippen LogP contribution in [0, 0.1) is 12.7 Å². The zero-order valence-corrected chi connectivity index (χ0v) is 12.2. The van der Waals surface area contributed by atoms with Gasteiger partial charge in [0, 0.05) is 11.6 Å². The van der Waals surface area contributed by atoms with Crippen molar-refractivity contribution >= 4 is 21.8 Å². The first-order valence-electron chi connectivity index (χ1n) is 5.72. The van der Waals surface area contributed by atoms with Crippen LogP contribution in [0.15, 0.2) is 46.0 Å². The van der Waals surface area contributed by atoms with Gasteiger partial charge in [-0.2, -0.15) is 0 Å². The summed E-state index contributed by atoms with van der Waals surface area (Å²) in [5.74, 6) is 0.566. The van der Waals surface area contributed by atoms with Gasteiger partial charge in [0.05, 0.1) is 4.47 Å². The molecule has 0 bridgehead atoms. The minimum Gasteiger partial charge on any atom is -0.457 e. The lowest BCUT2D eigenvalue weighted by Crippen LogP contribution is -2.14. The molecule has 2 aromatic rings. The molecule has 6 heteroatoms. The molecule has 0 aromatic heterocycles. The summed E-state index contributed by atoms with van der Waals surface area (Å²) >= 11 is 3.08. The van der Waals surface area contributed by atoms with E-state index in [1.807, 2.05) is 6.92 Å². The van der Waals surface area contributed by atoms with Gasteiger partial charge in [-0.3, -0.25) is 0 Å². The quantitative estimate of drug-likeness (QED) is 0.387. The molecule has 0 radical (unpaired) electrons. The lowest BCUT2D eigenvalue weighted by atomic mass is 10.1. The topological polar surface area (TPSA) is 67.8 Å². The van der Waals surface area contributed by atoms with E-state index < -0.39 is 5.82 Å². The Balaban J connectivity index is 2.26. The summed E-state index contributed by atoms with van der Waals surface area (Å²) in [6.07, 6.45) is 0. The summed E-state index contributed by atoms with van der Waals surface area (Å²) in [7, 11) is 0. The average Bonchev–Trinajstić information content (AvgIpc) is 2.42. The molecule has 0 aliphatic heterocycles. The molecule has 3 N–H and O–H groups in total. The van der Waals surface area contributed by atoms with Crippen molar-refractivity contribution < 1.29 is 14.3 Å². The van der Waals surface area contributed by atoms with Crippen LogP contribution in [-0.4, -0.2) is 11.0 Å². The van der Waals surface area contributed by atoms with Crippen molar-refractivity contribution in [1.82, 2.24) is 0 Å². The molecule has 4 nitrogen and oxygen atoms in total. The van der Waals surface area contributed by atoms with Gasteiger partial charge in [-0.05, 0) is 58.7 Å². The first-order chi connectivity index (χ1) is 9.51. The number of halogens is 2. The third kappa shape index (κ3) is 3.08. The number of benzene rings is 2. The van der Waals surface area contributed by atoms with Gasteiger partial charge in [-0.25, -0.2) is 4.39 Å². The zero-order chi connectivity index (χ0) is 14.7. The highest BCUT2D eigenvalue weighted by molar-refractivity contribution is 9.10. The number of amidine groups is 1. The Labute approximate surface area is 123 Å². The smallest absolute Gasteiger partial charge is 0.170 e. The van der Waals surface area contributed by atoms with Gasteiger partial charge < -0.3 is 15.7 Å². The number of nitrogens with zero attached hydrogens (tertiary/aromatic N) is 1. The third-order valence-electron chi connectivity index (χ3n) is 2.71. The highest BCUT2D eigenvalue weighted by Gasteiger charge is 2.07. The van der Waals surface area contributed by atoms with Crippen LogP contribution in [-0.2, 0) is 0 Å². The molecule has 2 rings (SSSR count). The van der Waals surface area contributed by atoms with Crippen LogP contribution in [0.2, 0.25) is 0 Å². The number of ether oxygens (including phenoxy) is 1. The minimum atomic E-state index is -0.396. The average molecular weight is 339 g/mol. The molecule has 0 saturated carbocycles. The molecule has 0 aliphatic rings. The number of rotatable bonds is 3. The van der Waals surface area contributed by atoms with Gasteiger partial charge in [-0.1, -0.05) is 5.16 Å². The van der Waals surface area contributed by atoms with Gasteiger partial charge >= 0.3 is 0 Å². The van der Waals surface area contributed by atoms with Crippen molar-refractivity contribution in [3.8, 4) is 11.5 Å². The van der Waals surface area contributed by atoms with Crippen molar-refractivity contribution in [2.75, 3.05) is 0 Å². The number of oxime groups is 1. The largest absolute Gasteiger partial charge is 0.457 e. The molecule has 0 unspecified atom stereocenters. The molecular weight excluding hydrogens is 327 g/mol. The van der Waals surface area contributed by atoms with E-state index in [4.69, 9.17) is 15.7 Å². The summed E-state index contributed by atoms with van der Waals surface area (Å²) in [5, 5.41) is 11.6. The number of hydrogen-bond donors (Lipinski definition) is 2. The Kier molecular flexibility index (Phi) is 4.24. The first-order valence-corrected chi connectivity index (χ1v) is 6.52. The molecule has 0 spiro atoms. The Morgan fingerprint density at radius 1 is 1.25 bits per heavy atom. The first kappa shape index (κ1) is 14.3. The van der Waals surface area contributed by atoms with Crippen LogP contribution in [0.3, 0.4) is 0 Å². The molecule has 0 atom stereocenters.